The van der Waals surface area contributed by atoms with E-state index in [1.807, 2.05) is 11.3 Å². The molecule has 96 valence electrons. The summed E-state index contributed by atoms with van der Waals surface area (Å²) in [5.74, 6) is 0. The van der Waals surface area contributed by atoms with E-state index in [-0.39, 0.29) is 0 Å². The Morgan fingerprint density at radius 3 is 2.44 bits per heavy atom. The highest BCUT2D eigenvalue weighted by atomic mass is 32.1. The smallest absolute Gasteiger partial charge is 0.0455 e. The van der Waals surface area contributed by atoms with Gasteiger partial charge >= 0.3 is 0 Å². The fraction of sp³-hybridized carbons (Fsp3) is 0.375. The Morgan fingerprint density at radius 2 is 1.89 bits per heavy atom. The summed E-state index contributed by atoms with van der Waals surface area (Å²) >= 11 is 1.92. The van der Waals surface area contributed by atoms with Gasteiger partial charge < -0.3 is 5.32 Å². The van der Waals surface area contributed by atoms with Gasteiger partial charge in [-0.05, 0) is 44.0 Å². The second-order valence-electron chi connectivity index (χ2n) is 4.69. The molecule has 2 heteroatoms. The molecule has 0 aliphatic heterocycles. The number of thiophene rings is 1. The summed E-state index contributed by atoms with van der Waals surface area (Å²) in [5, 5.41) is 3.60. The van der Waals surface area contributed by atoms with Crippen LogP contribution >= 0.6 is 11.3 Å². The van der Waals surface area contributed by atoms with Crippen LogP contribution < -0.4 is 5.32 Å². The Balaban J connectivity index is 2.18. The summed E-state index contributed by atoms with van der Waals surface area (Å²) < 4.78 is 0. The molecular weight excluding hydrogens is 238 g/mol. The lowest BCUT2D eigenvalue weighted by molar-refractivity contribution is 0.558. The van der Waals surface area contributed by atoms with Gasteiger partial charge in [0, 0.05) is 15.8 Å². The van der Waals surface area contributed by atoms with Crippen molar-refractivity contribution in [2.24, 2.45) is 0 Å². The molecule has 1 N–H and O–H groups in total. The maximum absolute atomic E-state index is 3.60. The summed E-state index contributed by atoms with van der Waals surface area (Å²) in [4.78, 5) is 2.89. The molecule has 0 radical (unpaired) electrons. The molecule has 0 saturated heterocycles. The van der Waals surface area contributed by atoms with E-state index in [4.69, 9.17) is 0 Å². The Bertz CT molecular complexity index is 468. The number of hydrogen-bond donors (Lipinski definition) is 1. The molecule has 1 unspecified atom stereocenters. The van der Waals surface area contributed by atoms with E-state index in [2.05, 4.69) is 62.5 Å². The molecule has 0 aliphatic carbocycles. The van der Waals surface area contributed by atoms with Gasteiger partial charge in [0.05, 0.1) is 0 Å². The number of nitrogens with one attached hydrogen (secondary N) is 1. The minimum atomic E-state index is 0.440. The van der Waals surface area contributed by atoms with E-state index in [1.54, 1.807) is 0 Å². The van der Waals surface area contributed by atoms with Crippen molar-refractivity contribution in [1.82, 2.24) is 5.32 Å². The number of aryl methyl sites for hydroxylation is 2. The van der Waals surface area contributed by atoms with Crippen molar-refractivity contribution in [2.75, 3.05) is 6.54 Å². The Labute approximate surface area is 114 Å². The van der Waals surface area contributed by atoms with Crippen molar-refractivity contribution < 1.29 is 0 Å². The minimum Gasteiger partial charge on any atom is -0.309 e. The van der Waals surface area contributed by atoms with Crippen LogP contribution in [0.4, 0.5) is 0 Å². The maximum atomic E-state index is 3.60. The van der Waals surface area contributed by atoms with Crippen LogP contribution in [0.5, 0.6) is 0 Å². The minimum absolute atomic E-state index is 0.440. The van der Waals surface area contributed by atoms with Gasteiger partial charge in [0.1, 0.15) is 0 Å². The normalized spacial score (nSPS) is 12.6. The lowest BCUT2D eigenvalue weighted by atomic mass is 10.0. The van der Waals surface area contributed by atoms with Crippen LogP contribution in [-0.2, 0) is 6.42 Å². The second-order valence-corrected chi connectivity index (χ2v) is 5.98. The zero-order chi connectivity index (χ0) is 13.0. The molecule has 0 spiro atoms. The lowest BCUT2D eigenvalue weighted by Gasteiger charge is -2.16. The molecule has 1 heterocycles. The molecule has 2 rings (SSSR count). The van der Waals surface area contributed by atoms with Crippen LogP contribution in [0.25, 0.3) is 0 Å². The third-order valence-electron chi connectivity index (χ3n) is 3.26. The molecule has 1 atom stereocenters. The monoisotopic (exact) mass is 259 g/mol. The van der Waals surface area contributed by atoms with Crippen molar-refractivity contribution in [3.63, 3.8) is 0 Å². The topological polar surface area (TPSA) is 12.0 Å². The number of benzene rings is 1. The van der Waals surface area contributed by atoms with Gasteiger partial charge in [-0.25, -0.2) is 0 Å². The van der Waals surface area contributed by atoms with Crippen molar-refractivity contribution in [2.45, 2.75) is 33.2 Å². The van der Waals surface area contributed by atoms with E-state index < -0.39 is 0 Å². The van der Waals surface area contributed by atoms with Gasteiger partial charge in [0.25, 0.3) is 0 Å². The van der Waals surface area contributed by atoms with E-state index >= 15 is 0 Å². The summed E-state index contributed by atoms with van der Waals surface area (Å²) in [6, 6.07) is 13.5. The molecule has 2 aromatic rings. The first-order chi connectivity index (χ1) is 8.70. The molecular formula is C16H21NS. The highest BCUT2D eigenvalue weighted by Gasteiger charge is 2.14. The average Bonchev–Trinajstić information content (AvgIpc) is 2.70. The fourth-order valence-electron chi connectivity index (χ4n) is 2.14. The summed E-state index contributed by atoms with van der Waals surface area (Å²) in [6.45, 7) is 7.58. The Kier molecular flexibility index (Phi) is 4.56. The molecule has 1 aromatic carbocycles. The van der Waals surface area contributed by atoms with Crippen molar-refractivity contribution in [3.8, 4) is 0 Å². The maximum Gasteiger partial charge on any atom is 0.0455 e. The van der Waals surface area contributed by atoms with Crippen LogP contribution in [0.2, 0.25) is 0 Å². The highest BCUT2D eigenvalue weighted by molar-refractivity contribution is 7.12. The molecule has 0 bridgehead atoms. The third kappa shape index (κ3) is 3.21. The fourth-order valence-corrected chi connectivity index (χ4v) is 3.26. The van der Waals surface area contributed by atoms with E-state index in [1.165, 1.54) is 20.9 Å². The summed E-state index contributed by atoms with van der Waals surface area (Å²) in [5.41, 5.74) is 2.80. The van der Waals surface area contributed by atoms with Crippen LogP contribution in [0.3, 0.4) is 0 Å². The molecule has 0 fully saturated rings. The standard InChI is InChI=1S/C16H21NS/c1-4-17-15(11-14-8-6-5-7-9-14)16-10-12(2)13(3)18-16/h5-10,15,17H,4,11H2,1-3H3. The largest absolute Gasteiger partial charge is 0.309 e. The molecule has 0 saturated carbocycles. The van der Waals surface area contributed by atoms with Gasteiger partial charge in [-0.15, -0.1) is 11.3 Å². The van der Waals surface area contributed by atoms with Gasteiger partial charge in [-0.1, -0.05) is 37.3 Å². The second kappa shape index (κ2) is 6.17. The number of rotatable bonds is 5. The molecule has 18 heavy (non-hydrogen) atoms. The molecule has 0 amide bonds. The van der Waals surface area contributed by atoms with Crippen LogP contribution in [-0.4, -0.2) is 6.54 Å². The Hall–Kier alpha value is -1.12. The first-order valence-corrected chi connectivity index (χ1v) is 7.36. The SMILES string of the molecule is CCNC(Cc1ccccc1)c1cc(C)c(C)s1. The zero-order valence-corrected chi connectivity index (χ0v) is 12.2. The zero-order valence-electron chi connectivity index (χ0n) is 11.4. The molecule has 0 aliphatic rings. The number of likely N-dealkylation sites (N-methyl/N-ethyl adjacent to an activating group) is 1. The number of hydrogen-bond acceptors (Lipinski definition) is 2. The van der Waals surface area contributed by atoms with Gasteiger partial charge in [0.2, 0.25) is 0 Å². The first-order valence-electron chi connectivity index (χ1n) is 6.55. The van der Waals surface area contributed by atoms with Crippen LogP contribution in [0, 0.1) is 13.8 Å². The molecule has 1 aromatic heterocycles. The third-order valence-corrected chi connectivity index (χ3v) is 4.53. The van der Waals surface area contributed by atoms with E-state index in [0.29, 0.717) is 6.04 Å². The van der Waals surface area contributed by atoms with Crippen molar-refractivity contribution >= 4 is 11.3 Å². The quantitative estimate of drug-likeness (QED) is 0.846. The lowest BCUT2D eigenvalue weighted by Crippen LogP contribution is -2.22. The van der Waals surface area contributed by atoms with Gasteiger partial charge in [-0.3, -0.25) is 0 Å². The molecule has 1 nitrogen and oxygen atoms in total. The van der Waals surface area contributed by atoms with Crippen molar-refractivity contribution in [1.29, 1.82) is 0 Å². The highest BCUT2D eigenvalue weighted by Crippen LogP contribution is 2.28. The van der Waals surface area contributed by atoms with Gasteiger partial charge in [-0.2, -0.15) is 0 Å². The Morgan fingerprint density at radius 1 is 1.17 bits per heavy atom. The van der Waals surface area contributed by atoms with Crippen LogP contribution in [0.15, 0.2) is 36.4 Å². The summed E-state index contributed by atoms with van der Waals surface area (Å²) in [6.07, 6.45) is 1.06. The predicted octanol–water partition coefficient (Wildman–Crippen LogP) is 4.26. The van der Waals surface area contributed by atoms with E-state index in [0.717, 1.165) is 13.0 Å². The first kappa shape index (κ1) is 13.3. The summed E-state index contributed by atoms with van der Waals surface area (Å²) in [7, 11) is 0. The van der Waals surface area contributed by atoms with Crippen LogP contribution in [0.1, 0.15) is 33.8 Å². The van der Waals surface area contributed by atoms with Gasteiger partial charge in [0.15, 0.2) is 0 Å². The van der Waals surface area contributed by atoms with E-state index in [9.17, 15) is 0 Å². The predicted molar refractivity (Wildman–Crippen MR) is 80.4 cm³/mol. The van der Waals surface area contributed by atoms with Crippen molar-refractivity contribution in [3.05, 3.63) is 57.3 Å². The average molecular weight is 259 g/mol.